The van der Waals surface area contributed by atoms with Crippen LogP contribution in [0.4, 0.5) is 8.78 Å². The van der Waals surface area contributed by atoms with Gasteiger partial charge in [-0.2, -0.15) is 0 Å². The topological polar surface area (TPSA) is 15.3 Å². The van der Waals surface area contributed by atoms with Crippen molar-refractivity contribution >= 4 is 12.4 Å². The summed E-state index contributed by atoms with van der Waals surface area (Å²) in [6.45, 7) is 6.78. The molecule has 0 bridgehead atoms. The predicted octanol–water partition coefficient (Wildman–Crippen LogP) is 3.21. The molecule has 114 valence electrons. The van der Waals surface area contributed by atoms with Crippen molar-refractivity contribution in [1.29, 1.82) is 0 Å². The number of nitrogens with one attached hydrogen (secondary N) is 1. The van der Waals surface area contributed by atoms with Crippen LogP contribution in [0, 0.1) is 17.6 Å². The Bertz CT molecular complexity index is 407. The maximum absolute atomic E-state index is 13.6. The highest BCUT2D eigenvalue weighted by atomic mass is 35.5. The summed E-state index contributed by atoms with van der Waals surface area (Å²) in [5.41, 5.74) is 0.589. The minimum Gasteiger partial charge on any atom is -0.317 e. The zero-order valence-corrected chi connectivity index (χ0v) is 12.7. The second-order valence-electron chi connectivity index (χ2n) is 5.26. The van der Waals surface area contributed by atoms with Gasteiger partial charge in [-0.05, 0) is 51.0 Å². The van der Waals surface area contributed by atoms with Crippen LogP contribution >= 0.6 is 12.4 Å². The van der Waals surface area contributed by atoms with Crippen LogP contribution in [0.3, 0.4) is 0 Å². The molecule has 0 unspecified atom stereocenters. The van der Waals surface area contributed by atoms with Gasteiger partial charge in [-0.25, -0.2) is 8.78 Å². The highest BCUT2D eigenvalue weighted by Gasteiger charge is 2.19. The van der Waals surface area contributed by atoms with Gasteiger partial charge in [0.1, 0.15) is 11.6 Å². The molecule has 1 saturated heterocycles. The number of hydrogen-bond donors (Lipinski definition) is 1. The third-order valence-corrected chi connectivity index (χ3v) is 3.80. The van der Waals surface area contributed by atoms with Crippen LogP contribution in [-0.4, -0.2) is 31.1 Å². The molecule has 2 rings (SSSR count). The van der Waals surface area contributed by atoms with E-state index in [1.165, 1.54) is 6.07 Å². The summed E-state index contributed by atoms with van der Waals surface area (Å²) in [6, 6.07) is 3.85. The summed E-state index contributed by atoms with van der Waals surface area (Å²) < 4.78 is 26.4. The van der Waals surface area contributed by atoms with Gasteiger partial charge >= 0.3 is 0 Å². The van der Waals surface area contributed by atoms with E-state index in [9.17, 15) is 8.78 Å². The Balaban J connectivity index is 0.00000200. The summed E-state index contributed by atoms with van der Waals surface area (Å²) in [4.78, 5) is 2.25. The van der Waals surface area contributed by atoms with Gasteiger partial charge in [-0.3, -0.25) is 4.90 Å². The fourth-order valence-corrected chi connectivity index (χ4v) is 2.59. The molecule has 1 fully saturated rings. The molecule has 2 nitrogen and oxygen atoms in total. The maximum Gasteiger partial charge on any atom is 0.130 e. The number of likely N-dealkylation sites (tertiary alicyclic amines) is 1. The van der Waals surface area contributed by atoms with Crippen LogP contribution in [-0.2, 0) is 6.54 Å². The quantitative estimate of drug-likeness (QED) is 0.898. The molecule has 20 heavy (non-hydrogen) atoms. The van der Waals surface area contributed by atoms with E-state index in [0.717, 1.165) is 51.0 Å². The number of benzene rings is 1. The molecule has 0 atom stereocenters. The van der Waals surface area contributed by atoms with Gasteiger partial charge in [-0.15, -0.1) is 12.4 Å². The lowest BCUT2D eigenvalue weighted by atomic mass is 9.96. The summed E-state index contributed by atoms with van der Waals surface area (Å²) in [5, 5.41) is 3.38. The minimum atomic E-state index is -0.509. The maximum atomic E-state index is 13.6. The fraction of sp³-hybridized carbons (Fsp3) is 0.600. The highest BCUT2D eigenvalue weighted by molar-refractivity contribution is 5.85. The van der Waals surface area contributed by atoms with E-state index in [0.29, 0.717) is 12.1 Å². The fourth-order valence-electron chi connectivity index (χ4n) is 2.59. The van der Waals surface area contributed by atoms with Crippen molar-refractivity contribution in [2.45, 2.75) is 26.3 Å². The summed E-state index contributed by atoms with van der Waals surface area (Å²) in [7, 11) is 0. The van der Waals surface area contributed by atoms with Crippen LogP contribution in [0.15, 0.2) is 18.2 Å². The molecule has 1 aliphatic heterocycles. The van der Waals surface area contributed by atoms with Gasteiger partial charge in [0.15, 0.2) is 0 Å². The van der Waals surface area contributed by atoms with Gasteiger partial charge in [-0.1, -0.05) is 13.0 Å². The first-order chi connectivity index (χ1) is 9.19. The van der Waals surface area contributed by atoms with Crippen molar-refractivity contribution in [3.05, 3.63) is 35.4 Å². The van der Waals surface area contributed by atoms with Gasteiger partial charge in [0.05, 0.1) is 0 Å². The first-order valence-corrected chi connectivity index (χ1v) is 7.06. The number of nitrogens with zero attached hydrogens (tertiary/aromatic N) is 1. The van der Waals surface area contributed by atoms with Crippen molar-refractivity contribution in [3.63, 3.8) is 0 Å². The van der Waals surface area contributed by atoms with Crippen LogP contribution in [0.2, 0.25) is 0 Å². The molecule has 1 N–H and O–H groups in total. The monoisotopic (exact) mass is 304 g/mol. The molecule has 0 amide bonds. The van der Waals surface area contributed by atoms with Gasteiger partial charge in [0.25, 0.3) is 0 Å². The Morgan fingerprint density at radius 3 is 2.55 bits per heavy atom. The molecule has 0 aliphatic carbocycles. The number of halogens is 3. The van der Waals surface area contributed by atoms with Crippen LogP contribution < -0.4 is 5.32 Å². The summed E-state index contributed by atoms with van der Waals surface area (Å²) in [5.74, 6) is -0.213. The Kier molecular flexibility index (Phi) is 7.41. The molecule has 0 aromatic heterocycles. The van der Waals surface area contributed by atoms with Crippen molar-refractivity contribution < 1.29 is 8.78 Å². The Labute approximate surface area is 126 Å². The lowest BCUT2D eigenvalue weighted by Crippen LogP contribution is -2.37. The number of rotatable bonds is 5. The van der Waals surface area contributed by atoms with Crippen molar-refractivity contribution in [1.82, 2.24) is 10.2 Å². The van der Waals surface area contributed by atoms with E-state index in [1.54, 1.807) is 6.07 Å². The van der Waals surface area contributed by atoms with Crippen LogP contribution in [0.25, 0.3) is 0 Å². The van der Waals surface area contributed by atoms with E-state index >= 15 is 0 Å². The average molecular weight is 305 g/mol. The first-order valence-electron chi connectivity index (χ1n) is 7.06. The molecule has 1 aromatic carbocycles. The van der Waals surface area contributed by atoms with E-state index in [-0.39, 0.29) is 12.4 Å². The normalized spacial score (nSPS) is 16.9. The van der Waals surface area contributed by atoms with E-state index < -0.39 is 11.6 Å². The zero-order valence-electron chi connectivity index (χ0n) is 11.9. The molecular weight excluding hydrogens is 282 g/mol. The second-order valence-corrected chi connectivity index (χ2v) is 5.26. The number of piperidine rings is 1. The van der Waals surface area contributed by atoms with Crippen LogP contribution in [0.1, 0.15) is 25.3 Å². The second kappa shape index (κ2) is 8.55. The molecule has 1 aliphatic rings. The largest absolute Gasteiger partial charge is 0.317 e. The highest BCUT2D eigenvalue weighted by Crippen LogP contribution is 2.19. The minimum absolute atomic E-state index is 0. The average Bonchev–Trinajstić information content (AvgIpc) is 2.41. The van der Waals surface area contributed by atoms with E-state index in [2.05, 4.69) is 17.1 Å². The summed E-state index contributed by atoms with van der Waals surface area (Å²) >= 11 is 0. The third kappa shape index (κ3) is 5.00. The SMILES string of the molecule is CCNCC1CCN(Cc2ccc(F)cc2F)CC1.Cl. The predicted molar refractivity (Wildman–Crippen MR) is 80.2 cm³/mol. The lowest BCUT2D eigenvalue weighted by Gasteiger charge is -2.32. The smallest absolute Gasteiger partial charge is 0.130 e. The van der Waals surface area contributed by atoms with Gasteiger partial charge in [0, 0.05) is 18.2 Å². The Morgan fingerprint density at radius 2 is 1.95 bits per heavy atom. The van der Waals surface area contributed by atoms with Crippen molar-refractivity contribution in [3.8, 4) is 0 Å². The first kappa shape index (κ1) is 17.3. The van der Waals surface area contributed by atoms with E-state index in [1.807, 2.05) is 0 Å². The molecule has 5 heteroatoms. The van der Waals surface area contributed by atoms with Gasteiger partial charge in [0.2, 0.25) is 0 Å². The molecule has 0 spiro atoms. The Hall–Kier alpha value is -0.710. The van der Waals surface area contributed by atoms with E-state index in [4.69, 9.17) is 0 Å². The molecule has 1 aromatic rings. The standard InChI is InChI=1S/C15H22F2N2.ClH/c1-2-18-10-12-5-7-19(8-6-12)11-13-3-4-14(16)9-15(13)17;/h3-4,9,12,18H,2,5-8,10-11H2,1H3;1H. The zero-order chi connectivity index (χ0) is 13.7. The summed E-state index contributed by atoms with van der Waals surface area (Å²) in [6.07, 6.45) is 2.30. The molecule has 0 saturated carbocycles. The lowest BCUT2D eigenvalue weighted by molar-refractivity contribution is 0.174. The van der Waals surface area contributed by atoms with Gasteiger partial charge < -0.3 is 5.32 Å². The van der Waals surface area contributed by atoms with Crippen molar-refractivity contribution in [2.24, 2.45) is 5.92 Å². The third-order valence-electron chi connectivity index (χ3n) is 3.80. The van der Waals surface area contributed by atoms with Crippen molar-refractivity contribution in [2.75, 3.05) is 26.2 Å². The molecular formula is C15H23ClF2N2. The molecule has 1 heterocycles. The van der Waals surface area contributed by atoms with Crippen LogP contribution in [0.5, 0.6) is 0 Å². The Morgan fingerprint density at radius 1 is 1.25 bits per heavy atom. The number of hydrogen-bond acceptors (Lipinski definition) is 2. The molecule has 0 radical (unpaired) electrons.